The highest BCUT2D eigenvalue weighted by Crippen LogP contribution is 2.29. The van der Waals surface area contributed by atoms with Crippen LogP contribution < -0.4 is 5.32 Å². The first-order valence-electron chi connectivity index (χ1n) is 5.36. The van der Waals surface area contributed by atoms with Crippen molar-refractivity contribution in [1.82, 2.24) is 10.3 Å². The summed E-state index contributed by atoms with van der Waals surface area (Å²) in [7, 11) is 1.51. The van der Waals surface area contributed by atoms with Crippen LogP contribution >= 0.6 is 27.5 Å². The van der Waals surface area contributed by atoms with E-state index < -0.39 is 5.82 Å². The van der Waals surface area contributed by atoms with Crippen molar-refractivity contribution in [3.8, 4) is 11.1 Å². The average Bonchev–Trinajstić information content (AvgIpc) is 2.41. The van der Waals surface area contributed by atoms with Gasteiger partial charge >= 0.3 is 0 Å². The fraction of sp³-hybridized carbons (Fsp3) is 0.0769. The highest BCUT2D eigenvalue weighted by molar-refractivity contribution is 9.10. The van der Waals surface area contributed by atoms with Crippen LogP contribution in [0.15, 0.2) is 35.1 Å². The van der Waals surface area contributed by atoms with Gasteiger partial charge in [0.15, 0.2) is 0 Å². The van der Waals surface area contributed by atoms with Gasteiger partial charge in [-0.15, -0.1) is 0 Å². The normalized spacial score (nSPS) is 10.3. The van der Waals surface area contributed by atoms with Crippen molar-refractivity contribution < 1.29 is 9.18 Å². The molecule has 1 N–H and O–H groups in total. The number of nitrogens with one attached hydrogen (secondary N) is 1. The summed E-state index contributed by atoms with van der Waals surface area (Å²) in [4.78, 5) is 15.6. The lowest BCUT2D eigenvalue weighted by molar-refractivity contribution is 0.0963. The van der Waals surface area contributed by atoms with Gasteiger partial charge in [-0.25, -0.2) is 9.37 Å². The molecule has 0 unspecified atom stereocenters. The van der Waals surface area contributed by atoms with E-state index in [1.165, 1.54) is 19.2 Å². The number of hydrogen-bond donors (Lipinski definition) is 1. The van der Waals surface area contributed by atoms with Crippen LogP contribution in [-0.4, -0.2) is 17.9 Å². The molecule has 2 rings (SSSR count). The van der Waals surface area contributed by atoms with Crippen molar-refractivity contribution >= 4 is 33.4 Å². The van der Waals surface area contributed by atoms with Gasteiger partial charge in [-0.05, 0) is 39.7 Å². The second kappa shape index (κ2) is 5.67. The first-order valence-corrected chi connectivity index (χ1v) is 6.53. The van der Waals surface area contributed by atoms with E-state index >= 15 is 0 Å². The van der Waals surface area contributed by atoms with E-state index in [9.17, 15) is 9.18 Å². The molecule has 2 aromatic rings. The van der Waals surface area contributed by atoms with Crippen molar-refractivity contribution in [3.05, 3.63) is 51.5 Å². The van der Waals surface area contributed by atoms with Gasteiger partial charge in [-0.3, -0.25) is 4.79 Å². The predicted molar refractivity (Wildman–Crippen MR) is 75.7 cm³/mol. The Balaban J connectivity index is 2.68. The quantitative estimate of drug-likeness (QED) is 0.846. The molecule has 0 atom stereocenters. The smallest absolute Gasteiger partial charge is 0.251 e. The first kappa shape index (κ1) is 14.0. The van der Waals surface area contributed by atoms with Crippen LogP contribution in [0.5, 0.6) is 0 Å². The Morgan fingerprint density at radius 3 is 2.79 bits per heavy atom. The molecule has 0 saturated heterocycles. The summed E-state index contributed by atoms with van der Waals surface area (Å²) in [5.41, 5.74) is 1.06. The highest BCUT2D eigenvalue weighted by Gasteiger charge is 2.16. The number of pyridine rings is 1. The van der Waals surface area contributed by atoms with E-state index in [4.69, 9.17) is 11.6 Å². The van der Waals surface area contributed by atoms with E-state index in [0.29, 0.717) is 20.8 Å². The molecule has 1 aromatic carbocycles. The molecule has 0 fully saturated rings. The topological polar surface area (TPSA) is 42.0 Å². The number of hydrogen-bond acceptors (Lipinski definition) is 2. The van der Waals surface area contributed by atoms with Crippen molar-refractivity contribution in [3.63, 3.8) is 0 Å². The molecule has 0 saturated carbocycles. The van der Waals surface area contributed by atoms with Crippen LogP contribution in [0.1, 0.15) is 10.4 Å². The fourth-order valence-electron chi connectivity index (χ4n) is 1.69. The maximum Gasteiger partial charge on any atom is 0.251 e. The summed E-state index contributed by atoms with van der Waals surface area (Å²) in [6.07, 6.45) is 1.10. The molecule has 19 heavy (non-hydrogen) atoms. The van der Waals surface area contributed by atoms with Crippen LogP contribution in [0.4, 0.5) is 4.39 Å². The van der Waals surface area contributed by atoms with E-state index in [1.807, 2.05) is 0 Å². The Kier molecular flexibility index (Phi) is 4.17. The van der Waals surface area contributed by atoms with Crippen molar-refractivity contribution in [2.75, 3.05) is 7.05 Å². The lowest BCUT2D eigenvalue weighted by atomic mass is 10.00. The SMILES string of the molecule is CNC(=O)c1cc(Cl)ccc1-c1cc(Br)ncc1F. The Morgan fingerprint density at radius 1 is 1.37 bits per heavy atom. The summed E-state index contributed by atoms with van der Waals surface area (Å²) in [5.74, 6) is -0.833. The second-order valence-corrected chi connectivity index (χ2v) is 5.00. The van der Waals surface area contributed by atoms with Gasteiger partial charge in [0, 0.05) is 23.2 Å². The van der Waals surface area contributed by atoms with Gasteiger partial charge in [0.2, 0.25) is 0 Å². The third kappa shape index (κ3) is 2.93. The zero-order valence-electron chi connectivity index (χ0n) is 9.88. The highest BCUT2D eigenvalue weighted by atomic mass is 79.9. The number of aromatic nitrogens is 1. The van der Waals surface area contributed by atoms with Gasteiger partial charge in [0.1, 0.15) is 10.4 Å². The van der Waals surface area contributed by atoms with Crippen molar-refractivity contribution in [1.29, 1.82) is 0 Å². The van der Waals surface area contributed by atoms with Crippen LogP contribution in [0.2, 0.25) is 5.02 Å². The number of benzene rings is 1. The van der Waals surface area contributed by atoms with Gasteiger partial charge in [-0.2, -0.15) is 0 Å². The minimum absolute atomic E-state index is 0.289. The molecule has 1 heterocycles. The molecule has 0 bridgehead atoms. The molecule has 0 spiro atoms. The zero-order chi connectivity index (χ0) is 14.0. The first-order chi connectivity index (χ1) is 9.02. The molecule has 6 heteroatoms. The van der Waals surface area contributed by atoms with E-state index in [-0.39, 0.29) is 11.5 Å². The maximum absolute atomic E-state index is 13.9. The van der Waals surface area contributed by atoms with Gasteiger partial charge in [0.05, 0.1) is 6.20 Å². The number of nitrogens with zero attached hydrogens (tertiary/aromatic N) is 1. The third-order valence-corrected chi connectivity index (χ3v) is 3.23. The lowest BCUT2D eigenvalue weighted by Crippen LogP contribution is -2.18. The van der Waals surface area contributed by atoms with Gasteiger partial charge in [0.25, 0.3) is 5.91 Å². The summed E-state index contributed by atoms with van der Waals surface area (Å²) < 4.78 is 14.3. The Bertz CT molecular complexity index is 649. The largest absolute Gasteiger partial charge is 0.355 e. The molecular weight excluding hydrogens is 335 g/mol. The van der Waals surface area contributed by atoms with Crippen LogP contribution in [-0.2, 0) is 0 Å². The maximum atomic E-state index is 13.9. The number of carbonyl (C=O) groups is 1. The third-order valence-electron chi connectivity index (χ3n) is 2.57. The second-order valence-electron chi connectivity index (χ2n) is 3.76. The fourth-order valence-corrected chi connectivity index (χ4v) is 2.20. The van der Waals surface area contributed by atoms with Gasteiger partial charge < -0.3 is 5.32 Å². The average molecular weight is 344 g/mol. The number of rotatable bonds is 2. The van der Waals surface area contributed by atoms with E-state index in [1.54, 1.807) is 12.1 Å². The Morgan fingerprint density at radius 2 is 2.11 bits per heavy atom. The van der Waals surface area contributed by atoms with Crippen LogP contribution in [0, 0.1) is 5.82 Å². The molecule has 1 aromatic heterocycles. The molecule has 0 aliphatic carbocycles. The van der Waals surface area contributed by atoms with Crippen LogP contribution in [0.3, 0.4) is 0 Å². The monoisotopic (exact) mass is 342 g/mol. The summed E-state index contributed by atoms with van der Waals surface area (Å²) >= 11 is 9.06. The van der Waals surface area contributed by atoms with Gasteiger partial charge in [-0.1, -0.05) is 17.7 Å². The number of halogens is 3. The van der Waals surface area contributed by atoms with E-state index in [2.05, 4.69) is 26.2 Å². The van der Waals surface area contributed by atoms with Crippen molar-refractivity contribution in [2.24, 2.45) is 0 Å². The summed E-state index contributed by atoms with van der Waals surface area (Å²) in [6.45, 7) is 0. The van der Waals surface area contributed by atoms with Crippen molar-refractivity contribution in [2.45, 2.75) is 0 Å². The van der Waals surface area contributed by atoms with Crippen LogP contribution in [0.25, 0.3) is 11.1 Å². The minimum atomic E-state index is -0.504. The minimum Gasteiger partial charge on any atom is -0.355 e. The molecule has 98 valence electrons. The predicted octanol–water partition coefficient (Wildman–Crippen LogP) is 3.66. The summed E-state index contributed by atoms with van der Waals surface area (Å²) in [6, 6.07) is 6.24. The van der Waals surface area contributed by atoms with E-state index in [0.717, 1.165) is 6.20 Å². The summed E-state index contributed by atoms with van der Waals surface area (Å²) in [5, 5.41) is 2.92. The lowest BCUT2D eigenvalue weighted by Gasteiger charge is -2.10. The molecule has 0 aliphatic heterocycles. The zero-order valence-corrected chi connectivity index (χ0v) is 12.2. The number of amides is 1. The standard InChI is InChI=1S/C13H9BrClFN2O/c1-17-13(19)10-4-7(15)2-3-8(10)9-5-12(14)18-6-11(9)16/h2-6H,1H3,(H,17,19). The molecule has 3 nitrogen and oxygen atoms in total. The Hall–Kier alpha value is -1.46. The Labute approximate surface area is 122 Å². The molecule has 1 amide bonds. The number of carbonyl (C=O) groups excluding carboxylic acids is 1. The molecular formula is C13H9BrClFN2O. The molecule has 0 aliphatic rings. The molecule has 0 radical (unpaired) electrons.